The summed E-state index contributed by atoms with van der Waals surface area (Å²) < 4.78 is 43.2. The van der Waals surface area contributed by atoms with E-state index in [1.165, 1.54) is 88.3 Å². The standard InChI is InChI=1S/C31H43F3/c1-3-5-7-8-9-10-11-24-12-14-25(15-13-24)26-16-18-27(19-17-26)28-20-21-29(30(32)23-28)31(33,34)22-6-4-2/h16-21,23-25H,3-15,22H2,1-2H3. The molecule has 0 aromatic heterocycles. The summed E-state index contributed by atoms with van der Waals surface area (Å²) in [7, 11) is 0. The predicted octanol–water partition coefficient (Wildman–Crippen LogP) is 10.8. The normalized spacial score (nSPS) is 18.9. The number of rotatable bonds is 13. The lowest BCUT2D eigenvalue weighted by atomic mass is 9.77. The molecule has 0 aliphatic heterocycles. The molecule has 0 atom stereocenters. The van der Waals surface area contributed by atoms with Crippen LogP contribution in [0.25, 0.3) is 11.1 Å². The second-order valence-corrected chi connectivity index (χ2v) is 10.4. The fourth-order valence-electron chi connectivity index (χ4n) is 5.47. The second-order valence-electron chi connectivity index (χ2n) is 10.4. The average Bonchev–Trinajstić information content (AvgIpc) is 2.85. The van der Waals surface area contributed by atoms with Gasteiger partial charge in [-0.2, -0.15) is 0 Å². The van der Waals surface area contributed by atoms with Crippen LogP contribution in [0.5, 0.6) is 0 Å². The number of unbranched alkanes of at least 4 members (excludes halogenated alkanes) is 6. The van der Waals surface area contributed by atoms with Gasteiger partial charge in [0, 0.05) is 6.42 Å². The maximum absolute atomic E-state index is 14.6. The summed E-state index contributed by atoms with van der Waals surface area (Å²) in [6.45, 7) is 4.13. The van der Waals surface area contributed by atoms with Gasteiger partial charge in [-0.05, 0) is 72.8 Å². The molecule has 188 valence electrons. The summed E-state index contributed by atoms with van der Waals surface area (Å²) in [5.74, 6) is -2.44. The van der Waals surface area contributed by atoms with Crippen molar-refractivity contribution in [2.24, 2.45) is 5.92 Å². The second kappa shape index (κ2) is 13.4. The number of hydrogen-bond acceptors (Lipinski definition) is 0. The molecule has 0 nitrogen and oxygen atoms in total. The quantitative estimate of drug-likeness (QED) is 0.254. The fourth-order valence-corrected chi connectivity index (χ4v) is 5.47. The minimum atomic E-state index is -3.11. The molecule has 1 aliphatic rings. The molecule has 2 aromatic rings. The van der Waals surface area contributed by atoms with Crippen LogP contribution in [-0.4, -0.2) is 0 Å². The van der Waals surface area contributed by atoms with Gasteiger partial charge in [-0.15, -0.1) is 0 Å². The van der Waals surface area contributed by atoms with E-state index in [9.17, 15) is 13.2 Å². The third-order valence-electron chi connectivity index (χ3n) is 7.74. The summed E-state index contributed by atoms with van der Waals surface area (Å²) in [6.07, 6.45) is 15.5. The molecule has 3 rings (SSSR count). The summed E-state index contributed by atoms with van der Waals surface area (Å²) in [6, 6.07) is 12.5. The zero-order valence-electron chi connectivity index (χ0n) is 21.2. The zero-order chi connectivity index (χ0) is 24.4. The molecule has 0 bridgehead atoms. The van der Waals surface area contributed by atoms with Gasteiger partial charge in [0.05, 0.1) is 5.56 Å². The van der Waals surface area contributed by atoms with Crippen LogP contribution in [0, 0.1) is 11.7 Å². The molecule has 0 spiro atoms. The van der Waals surface area contributed by atoms with Crippen molar-refractivity contribution in [2.75, 3.05) is 0 Å². The SMILES string of the molecule is CCCCCCCCC1CCC(c2ccc(-c3ccc(C(F)(F)CCCC)c(F)c3)cc2)CC1. The molecule has 0 radical (unpaired) electrons. The highest BCUT2D eigenvalue weighted by molar-refractivity contribution is 5.64. The van der Waals surface area contributed by atoms with E-state index in [2.05, 4.69) is 19.1 Å². The Morgan fingerprint density at radius 2 is 1.35 bits per heavy atom. The molecule has 0 unspecified atom stereocenters. The molecule has 1 saturated carbocycles. The van der Waals surface area contributed by atoms with Crippen molar-refractivity contribution in [1.29, 1.82) is 0 Å². The Hall–Kier alpha value is -1.77. The summed E-state index contributed by atoms with van der Waals surface area (Å²) >= 11 is 0. The van der Waals surface area contributed by atoms with E-state index in [4.69, 9.17) is 0 Å². The first kappa shape index (κ1) is 26.8. The number of halogens is 3. The van der Waals surface area contributed by atoms with Crippen molar-refractivity contribution in [3.8, 4) is 11.1 Å². The highest BCUT2D eigenvalue weighted by atomic mass is 19.3. The van der Waals surface area contributed by atoms with Crippen molar-refractivity contribution in [3.05, 3.63) is 59.4 Å². The highest BCUT2D eigenvalue weighted by Gasteiger charge is 2.33. The number of hydrogen-bond donors (Lipinski definition) is 0. The monoisotopic (exact) mass is 472 g/mol. The molecule has 2 aromatic carbocycles. The van der Waals surface area contributed by atoms with Gasteiger partial charge in [-0.3, -0.25) is 0 Å². The first-order valence-corrected chi connectivity index (χ1v) is 13.7. The van der Waals surface area contributed by atoms with E-state index in [1.807, 2.05) is 19.1 Å². The van der Waals surface area contributed by atoms with Crippen LogP contribution in [-0.2, 0) is 5.92 Å². The molecule has 1 fully saturated rings. The summed E-state index contributed by atoms with van der Waals surface area (Å²) in [5.41, 5.74) is 2.40. The molecular weight excluding hydrogens is 429 g/mol. The predicted molar refractivity (Wildman–Crippen MR) is 138 cm³/mol. The van der Waals surface area contributed by atoms with Gasteiger partial charge in [-0.25, -0.2) is 13.2 Å². The lowest BCUT2D eigenvalue weighted by molar-refractivity contribution is -0.0187. The maximum atomic E-state index is 14.6. The molecule has 0 saturated heterocycles. The van der Waals surface area contributed by atoms with Gasteiger partial charge in [0.2, 0.25) is 0 Å². The van der Waals surface area contributed by atoms with Crippen LogP contribution in [0.3, 0.4) is 0 Å². The molecule has 34 heavy (non-hydrogen) atoms. The lowest BCUT2D eigenvalue weighted by Gasteiger charge is -2.29. The van der Waals surface area contributed by atoms with Crippen LogP contribution in [0.1, 0.15) is 121 Å². The fraction of sp³-hybridized carbons (Fsp3) is 0.613. The van der Waals surface area contributed by atoms with Gasteiger partial charge >= 0.3 is 0 Å². The van der Waals surface area contributed by atoms with Gasteiger partial charge in [0.25, 0.3) is 5.92 Å². The number of alkyl halides is 2. The molecule has 1 aliphatic carbocycles. The Labute approximate surface area is 205 Å². The lowest BCUT2D eigenvalue weighted by Crippen LogP contribution is -2.15. The van der Waals surface area contributed by atoms with Crippen LogP contribution in [0.2, 0.25) is 0 Å². The zero-order valence-corrected chi connectivity index (χ0v) is 21.2. The molecule has 0 N–H and O–H groups in total. The first-order valence-electron chi connectivity index (χ1n) is 13.7. The Morgan fingerprint density at radius 3 is 2.00 bits per heavy atom. The summed E-state index contributed by atoms with van der Waals surface area (Å²) in [5, 5.41) is 0. The van der Waals surface area contributed by atoms with Gasteiger partial charge in [0.15, 0.2) is 0 Å². The Kier molecular flexibility index (Phi) is 10.5. The van der Waals surface area contributed by atoms with E-state index < -0.39 is 17.3 Å². The Bertz CT molecular complexity index is 847. The molecule has 0 amide bonds. The topological polar surface area (TPSA) is 0 Å². The molecule has 3 heteroatoms. The van der Waals surface area contributed by atoms with Crippen LogP contribution >= 0.6 is 0 Å². The van der Waals surface area contributed by atoms with Crippen molar-refractivity contribution >= 4 is 0 Å². The molecule has 0 heterocycles. The van der Waals surface area contributed by atoms with E-state index in [0.717, 1.165) is 11.5 Å². The van der Waals surface area contributed by atoms with Crippen LogP contribution < -0.4 is 0 Å². The van der Waals surface area contributed by atoms with Gasteiger partial charge in [-0.1, -0.05) is 95.5 Å². The third-order valence-corrected chi connectivity index (χ3v) is 7.74. The smallest absolute Gasteiger partial charge is 0.206 e. The summed E-state index contributed by atoms with van der Waals surface area (Å²) in [4.78, 5) is 0. The Balaban J connectivity index is 1.51. The number of benzene rings is 2. The minimum Gasteiger partial charge on any atom is -0.206 e. The van der Waals surface area contributed by atoms with Crippen LogP contribution in [0.4, 0.5) is 13.2 Å². The Morgan fingerprint density at radius 1 is 0.735 bits per heavy atom. The first-order chi connectivity index (χ1) is 16.4. The van der Waals surface area contributed by atoms with Crippen molar-refractivity contribution in [2.45, 2.75) is 116 Å². The third kappa shape index (κ3) is 7.62. The van der Waals surface area contributed by atoms with Crippen molar-refractivity contribution in [3.63, 3.8) is 0 Å². The van der Waals surface area contributed by atoms with Gasteiger partial charge < -0.3 is 0 Å². The van der Waals surface area contributed by atoms with Crippen molar-refractivity contribution < 1.29 is 13.2 Å². The van der Waals surface area contributed by atoms with E-state index in [-0.39, 0.29) is 6.42 Å². The van der Waals surface area contributed by atoms with E-state index >= 15 is 0 Å². The maximum Gasteiger partial charge on any atom is 0.276 e. The van der Waals surface area contributed by atoms with E-state index in [0.29, 0.717) is 24.3 Å². The minimum absolute atomic E-state index is 0.310. The van der Waals surface area contributed by atoms with E-state index in [1.54, 1.807) is 6.07 Å². The van der Waals surface area contributed by atoms with Gasteiger partial charge in [0.1, 0.15) is 5.82 Å². The van der Waals surface area contributed by atoms with Crippen LogP contribution in [0.15, 0.2) is 42.5 Å². The molecular formula is C31H43F3. The van der Waals surface area contributed by atoms with Crippen molar-refractivity contribution in [1.82, 2.24) is 0 Å². The largest absolute Gasteiger partial charge is 0.276 e. The highest BCUT2D eigenvalue weighted by Crippen LogP contribution is 2.39. The average molecular weight is 473 g/mol.